The summed E-state index contributed by atoms with van der Waals surface area (Å²) in [7, 11) is 1.92. The van der Waals surface area contributed by atoms with Gasteiger partial charge in [-0.15, -0.1) is 11.3 Å². The molecule has 2 amide bonds. The highest BCUT2D eigenvalue weighted by Crippen LogP contribution is 2.24. The fourth-order valence-electron chi connectivity index (χ4n) is 2.90. The lowest BCUT2D eigenvalue weighted by atomic mass is 10.1. The lowest BCUT2D eigenvalue weighted by Gasteiger charge is -2.16. The van der Waals surface area contributed by atoms with Gasteiger partial charge in [-0.25, -0.2) is 4.98 Å². The molecule has 0 aliphatic carbocycles. The second-order valence-electron chi connectivity index (χ2n) is 7.60. The number of unbranched alkanes of at least 4 members (excludes halogenated alkanes) is 2. The largest absolute Gasteiger partial charge is 0.353 e. The van der Waals surface area contributed by atoms with Gasteiger partial charge in [0.1, 0.15) is 5.01 Å². The molecule has 2 N–H and O–H groups in total. The van der Waals surface area contributed by atoms with E-state index < -0.39 is 0 Å². The molecule has 158 valence electrons. The average Bonchev–Trinajstić information content (AvgIpc) is 3.10. The molecule has 0 unspecified atom stereocenters. The van der Waals surface area contributed by atoms with Gasteiger partial charge in [0, 0.05) is 29.1 Å². The Morgan fingerprint density at radius 1 is 1.14 bits per heavy atom. The summed E-state index contributed by atoms with van der Waals surface area (Å²) in [5.74, 6) is 0.0818. The second-order valence-corrected chi connectivity index (χ2v) is 8.55. The Hall–Kier alpha value is -2.25. The zero-order valence-corrected chi connectivity index (χ0v) is 18.6. The molecule has 0 aliphatic heterocycles. The molecule has 7 heteroatoms. The number of carbonyl (C=O) groups excluding carboxylic acids is 2. The maximum Gasteiger partial charge on any atom is 0.234 e. The SMILES string of the molecule is CCCCCC(=O)Nc1ccc(-c2csc(CN(C)CC(=O)NC(C)C)n2)cc1. The third-order valence-electron chi connectivity index (χ3n) is 4.29. The van der Waals surface area contributed by atoms with Crippen LogP contribution in [0.1, 0.15) is 51.5 Å². The van der Waals surface area contributed by atoms with Crippen molar-refractivity contribution in [3.8, 4) is 11.3 Å². The number of thiazole rings is 1. The molecule has 0 spiro atoms. The summed E-state index contributed by atoms with van der Waals surface area (Å²) in [5, 5.41) is 8.83. The van der Waals surface area contributed by atoms with Crippen LogP contribution in [0.25, 0.3) is 11.3 Å². The van der Waals surface area contributed by atoms with Gasteiger partial charge in [0.15, 0.2) is 0 Å². The Balaban J connectivity index is 1.88. The van der Waals surface area contributed by atoms with E-state index in [0.29, 0.717) is 19.5 Å². The highest BCUT2D eigenvalue weighted by atomic mass is 32.1. The number of anilines is 1. The van der Waals surface area contributed by atoms with Gasteiger partial charge in [-0.3, -0.25) is 14.5 Å². The zero-order chi connectivity index (χ0) is 21.2. The molecule has 6 nitrogen and oxygen atoms in total. The molecular formula is C22H32N4O2S. The number of hydrogen-bond donors (Lipinski definition) is 2. The molecule has 29 heavy (non-hydrogen) atoms. The molecule has 0 radical (unpaired) electrons. The Morgan fingerprint density at radius 2 is 1.86 bits per heavy atom. The van der Waals surface area contributed by atoms with E-state index in [-0.39, 0.29) is 17.9 Å². The molecular weight excluding hydrogens is 384 g/mol. The fourth-order valence-corrected chi connectivity index (χ4v) is 3.78. The summed E-state index contributed by atoms with van der Waals surface area (Å²) in [6, 6.07) is 7.91. The first kappa shape index (κ1) is 23.0. The van der Waals surface area contributed by atoms with E-state index in [1.807, 2.05) is 55.4 Å². The van der Waals surface area contributed by atoms with Gasteiger partial charge in [-0.05, 0) is 39.4 Å². The van der Waals surface area contributed by atoms with Crippen LogP contribution in [-0.2, 0) is 16.1 Å². The summed E-state index contributed by atoms with van der Waals surface area (Å²) in [5.41, 5.74) is 2.73. The summed E-state index contributed by atoms with van der Waals surface area (Å²) in [6.07, 6.45) is 3.68. The number of carbonyl (C=O) groups is 2. The summed E-state index contributed by atoms with van der Waals surface area (Å²) < 4.78 is 0. The molecule has 1 aromatic carbocycles. The van der Waals surface area contributed by atoms with E-state index in [0.717, 1.165) is 41.2 Å². The number of likely N-dealkylation sites (N-methyl/N-ethyl adjacent to an activating group) is 1. The van der Waals surface area contributed by atoms with Gasteiger partial charge in [0.05, 0.1) is 18.8 Å². The van der Waals surface area contributed by atoms with Crippen molar-refractivity contribution in [1.82, 2.24) is 15.2 Å². The molecule has 0 fully saturated rings. The van der Waals surface area contributed by atoms with Crippen LogP contribution in [-0.4, -0.2) is 41.3 Å². The normalized spacial score (nSPS) is 11.1. The highest BCUT2D eigenvalue weighted by Gasteiger charge is 2.11. The van der Waals surface area contributed by atoms with Crippen LogP contribution in [0.15, 0.2) is 29.6 Å². The van der Waals surface area contributed by atoms with Crippen LogP contribution in [0.5, 0.6) is 0 Å². The van der Waals surface area contributed by atoms with Crippen molar-refractivity contribution in [3.05, 3.63) is 34.7 Å². The van der Waals surface area contributed by atoms with Gasteiger partial charge < -0.3 is 10.6 Å². The topological polar surface area (TPSA) is 74.3 Å². The van der Waals surface area contributed by atoms with Crippen molar-refractivity contribution in [1.29, 1.82) is 0 Å². The summed E-state index contributed by atoms with van der Waals surface area (Å²) in [4.78, 5) is 30.4. The van der Waals surface area contributed by atoms with Crippen LogP contribution in [0.4, 0.5) is 5.69 Å². The monoisotopic (exact) mass is 416 g/mol. The first-order chi connectivity index (χ1) is 13.9. The predicted octanol–water partition coefficient (Wildman–Crippen LogP) is 4.29. The molecule has 2 aromatic rings. The van der Waals surface area contributed by atoms with Gasteiger partial charge in [0.2, 0.25) is 11.8 Å². The Kier molecular flexibility index (Phi) is 9.28. The molecule has 0 atom stereocenters. The van der Waals surface area contributed by atoms with Gasteiger partial charge in [-0.1, -0.05) is 31.9 Å². The van der Waals surface area contributed by atoms with Crippen molar-refractivity contribution in [2.75, 3.05) is 18.9 Å². The maximum absolute atomic E-state index is 11.9. The Morgan fingerprint density at radius 3 is 2.52 bits per heavy atom. The maximum atomic E-state index is 11.9. The zero-order valence-electron chi connectivity index (χ0n) is 17.8. The minimum Gasteiger partial charge on any atom is -0.353 e. The molecule has 1 aromatic heterocycles. The van der Waals surface area contributed by atoms with E-state index in [2.05, 4.69) is 22.5 Å². The second kappa shape index (κ2) is 11.7. The smallest absolute Gasteiger partial charge is 0.234 e. The van der Waals surface area contributed by atoms with E-state index in [1.54, 1.807) is 11.3 Å². The van der Waals surface area contributed by atoms with E-state index >= 15 is 0 Å². The predicted molar refractivity (Wildman–Crippen MR) is 120 cm³/mol. The van der Waals surface area contributed by atoms with Gasteiger partial charge in [-0.2, -0.15) is 0 Å². The van der Waals surface area contributed by atoms with Crippen LogP contribution in [0.3, 0.4) is 0 Å². The van der Waals surface area contributed by atoms with E-state index in [1.165, 1.54) is 0 Å². The van der Waals surface area contributed by atoms with Crippen molar-refractivity contribution in [3.63, 3.8) is 0 Å². The number of amides is 2. The molecule has 0 saturated carbocycles. The first-order valence-electron chi connectivity index (χ1n) is 10.2. The minimum absolute atomic E-state index is 0.0200. The van der Waals surface area contributed by atoms with Crippen LogP contribution < -0.4 is 10.6 Å². The van der Waals surface area contributed by atoms with Gasteiger partial charge in [0.25, 0.3) is 0 Å². The van der Waals surface area contributed by atoms with E-state index in [9.17, 15) is 9.59 Å². The van der Waals surface area contributed by atoms with Crippen molar-refractivity contribution >= 4 is 28.8 Å². The summed E-state index contributed by atoms with van der Waals surface area (Å²) >= 11 is 1.59. The number of aromatic nitrogens is 1. The molecule has 2 rings (SSSR count). The number of nitrogens with one attached hydrogen (secondary N) is 2. The van der Waals surface area contributed by atoms with Crippen LogP contribution >= 0.6 is 11.3 Å². The number of nitrogens with zero attached hydrogens (tertiary/aromatic N) is 2. The third-order valence-corrected chi connectivity index (χ3v) is 5.13. The van der Waals surface area contributed by atoms with Gasteiger partial charge >= 0.3 is 0 Å². The van der Waals surface area contributed by atoms with Crippen LogP contribution in [0.2, 0.25) is 0 Å². The highest BCUT2D eigenvalue weighted by molar-refractivity contribution is 7.09. The quantitative estimate of drug-likeness (QED) is 0.536. The van der Waals surface area contributed by atoms with Crippen molar-refractivity contribution in [2.24, 2.45) is 0 Å². The number of benzene rings is 1. The summed E-state index contributed by atoms with van der Waals surface area (Å²) in [6.45, 7) is 7.01. The van der Waals surface area contributed by atoms with Crippen LogP contribution in [0, 0.1) is 0 Å². The third kappa shape index (κ3) is 8.33. The standard InChI is InChI=1S/C22H32N4O2S/c1-5-6-7-8-20(27)24-18-11-9-17(10-12-18)19-15-29-22(25-19)14-26(4)13-21(28)23-16(2)3/h9-12,15-16H,5-8,13-14H2,1-4H3,(H,23,28)(H,24,27). The molecule has 0 aliphatic rings. The first-order valence-corrected chi connectivity index (χ1v) is 11.1. The molecule has 1 heterocycles. The number of hydrogen-bond acceptors (Lipinski definition) is 5. The molecule has 0 saturated heterocycles. The Bertz CT molecular complexity index is 786. The Labute approximate surface area is 177 Å². The van der Waals surface area contributed by atoms with E-state index in [4.69, 9.17) is 0 Å². The lowest BCUT2D eigenvalue weighted by molar-refractivity contribution is -0.122. The average molecular weight is 417 g/mol. The number of rotatable bonds is 11. The van der Waals surface area contributed by atoms with Crippen molar-refractivity contribution in [2.45, 2.75) is 59.0 Å². The molecule has 0 bridgehead atoms. The lowest BCUT2D eigenvalue weighted by Crippen LogP contribution is -2.38. The van der Waals surface area contributed by atoms with Crippen molar-refractivity contribution < 1.29 is 9.59 Å². The minimum atomic E-state index is 0.0200. The fraction of sp³-hybridized carbons (Fsp3) is 0.500.